The standard InChI is InChI=1S/C16H15ClN6O3/c1-11-14(23(25)26)9-22(19-11)10-15(24)18-16-13(17)8-21(20-16)7-12-5-3-2-4-6-12/h2-6,8-9H,7,10H2,1H3,(H,18,20,24). The molecule has 0 fully saturated rings. The Balaban J connectivity index is 1.66. The van der Waals surface area contributed by atoms with Gasteiger partial charge in [-0.3, -0.25) is 24.3 Å². The molecule has 10 heteroatoms. The number of amides is 1. The lowest BCUT2D eigenvalue weighted by atomic mass is 10.2. The third-order valence-corrected chi connectivity index (χ3v) is 3.86. The molecule has 2 heterocycles. The first kappa shape index (κ1) is 17.6. The smallest absolute Gasteiger partial charge is 0.306 e. The Bertz CT molecular complexity index is 950. The van der Waals surface area contributed by atoms with Crippen molar-refractivity contribution in [2.24, 2.45) is 0 Å². The molecule has 2 aromatic heterocycles. The number of carbonyl (C=O) groups excluding carboxylic acids is 1. The van der Waals surface area contributed by atoms with Crippen LogP contribution < -0.4 is 5.32 Å². The van der Waals surface area contributed by atoms with Crippen LogP contribution in [0.25, 0.3) is 0 Å². The number of rotatable bonds is 6. The average Bonchev–Trinajstić information content (AvgIpc) is 3.11. The topological polar surface area (TPSA) is 108 Å². The summed E-state index contributed by atoms with van der Waals surface area (Å²) in [6, 6.07) is 9.69. The molecule has 0 spiro atoms. The number of aromatic nitrogens is 4. The van der Waals surface area contributed by atoms with Crippen LogP contribution in [0.5, 0.6) is 0 Å². The molecule has 3 aromatic rings. The first-order chi connectivity index (χ1) is 12.4. The monoisotopic (exact) mass is 374 g/mol. The second-order valence-electron chi connectivity index (χ2n) is 5.61. The van der Waals surface area contributed by atoms with E-state index in [0.717, 1.165) is 5.56 Å². The van der Waals surface area contributed by atoms with Gasteiger partial charge in [-0.05, 0) is 12.5 Å². The van der Waals surface area contributed by atoms with Crippen molar-refractivity contribution in [2.75, 3.05) is 5.32 Å². The molecule has 0 atom stereocenters. The molecular formula is C16H15ClN6O3. The van der Waals surface area contributed by atoms with E-state index in [2.05, 4.69) is 15.5 Å². The minimum atomic E-state index is -0.543. The summed E-state index contributed by atoms with van der Waals surface area (Å²) in [5.74, 6) is -0.208. The molecule has 0 saturated carbocycles. The molecule has 134 valence electrons. The van der Waals surface area contributed by atoms with Gasteiger partial charge in [-0.1, -0.05) is 41.9 Å². The third-order valence-electron chi connectivity index (χ3n) is 3.58. The first-order valence-electron chi connectivity index (χ1n) is 7.67. The second kappa shape index (κ2) is 7.36. The molecule has 0 unspecified atom stereocenters. The van der Waals surface area contributed by atoms with Gasteiger partial charge in [0.2, 0.25) is 5.91 Å². The molecule has 0 aliphatic heterocycles. The Labute approximate surface area is 153 Å². The number of nitro groups is 1. The minimum absolute atomic E-state index is 0.136. The van der Waals surface area contributed by atoms with E-state index in [4.69, 9.17) is 11.6 Å². The van der Waals surface area contributed by atoms with E-state index in [1.54, 1.807) is 10.9 Å². The van der Waals surface area contributed by atoms with Crippen LogP contribution in [0.3, 0.4) is 0 Å². The SMILES string of the molecule is Cc1nn(CC(=O)Nc2nn(Cc3ccccc3)cc2Cl)cc1[N+](=O)[O-]. The molecule has 1 aromatic carbocycles. The van der Waals surface area contributed by atoms with Gasteiger partial charge in [0.15, 0.2) is 5.82 Å². The van der Waals surface area contributed by atoms with Crippen LogP contribution in [0.1, 0.15) is 11.3 Å². The van der Waals surface area contributed by atoms with Crippen LogP contribution in [0.4, 0.5) is 11.5 Å². The van der Waals surface area contributed by atoms with Crippen molar-refractivity contribution in [2.45, 2.75) is 20.0 Å². The maximum Gasteiger partial charge on any atom is 0.309 e. The summed E-state index contributed by atoms with van der Waals surface area (Å²) in [6.07, 6.45) is 2.83. The van der Waals surface area contributed by atoms with Gasteiger partial charge in [-0.2, -0.15) is 10.2 Å². The van der Waals surface area contributed by atoms with Gasteiger partial charge in [0, 0.05) is 6.20 Å². The van der Waals surface area contributed by atoms with Crippen molar-refractivity contribution < 1.29 is 9.72 Å². The van der Waals surface area contributed by atoms with Gasteiger partial charge < -0.3 is 5.32 Å². The minimum Gasteiger partial charge on any atom is -0.306 e. The summed E-state index contributed by atoms with van der Waals surface area (Å²) in [5.41, 5.74) is 1.15. The van der Waals surface area contributed by atoms with Crippen LogP contribution in [0.2, 0.25) is 5.02 Å². The van der Waals surface area contributed by atoms with Crippen LogP contribution in [-0.4, -0.2) is 30.4 Å². The Kier molecular flexibility index (Phi) is 4.99. The van der Waals surface area contributed by atoms with E-state index in [0.29, 0.717) is 11.6 Å². The number of hydrogen-bond acceptors (Lipinski definition) is 5. The van der Waals surface area contributed by atoms with Gasteiger partial charge in [-0.15, -0.1) is 0 Å². The average molecular weight is 375 g/mol. The van der Waals surface area contributed by atoms with E-state index < -0.39 is 10.8 Å². The molecule has 26 heavy (non-hydrogen) atoms. The highest BCUT2D eigenvalue weighted by atomic mass is 35.5. The van der Waals surface area contributed by atoms with Crippen LogP contribution in [0, 0.1) is 17.0 Å². The van der Waals surface area contributed by atoms with E-state index in [9.17, 15) is 14.9 Å². The summed E-state index contributed by atoms with van der Waals surface area (Å²) in [4.78, 5) is 22.4. The van der Waals surface area contributed by atoms with Crippen LogP contribution in [0.15, 0.2) is 42.7 Å². The zero-order valence-corrected chi connectivity index (χ0v) is 14.6. The predicted octanol–water partition coefficient (Wildman–Crippen LogP) is 2.64. The van der Waals surface area contributed by atoms with Gasteiger partial charge >= 0.3 is 5.69 Å². The van der Waals surface area contributed by atoms with Gasteiger partial charge in [0.25, 0.3) is 0 Å². The molecule has 9 nitrogen and oxygen atoms in total. The third kappa shape index (κ3) is 4.06. The molecule has 3 rings (SSSR count). The maximum atomic E-state index is 12.1. The van der Waals surface area contributed by atoms with Crippen molar-refractivity contribution in [3.63, 3.8) is 0 Å². The predicted molar refractivity (Wildman–Crippen MR) is 95.0 cm³/mol. The number of benzene rings is 1. The fourth-order valence-corrected chi connectivity index (χ4v) is 2.62. The molecule has 0 saturated heterocycles. The summed E-state index contributed by atoms with van der Waals surface area (Å²) in [5, 5.41) is 21.9. The molecule has 0 aliphatic carbocycles. The zero-order valence-electron chi connectivity index (χ0n) is 13.8. The summed E-state index contributed by atoms with van der Waals surface area (Å²) < 4.78 is 2.83. The van der Waals surface area contributed by atoms with E-state index in [1.807, 2.05) is 30.3 Å². The lowest BCUT2D eigenvalue weighted by molar-refractivity contribution is -0.385. The van der Waals surface area contributed by atoms with Crippen LogP contribution >= 0.6 is 11.6 Å². The van der Waals surface area contributed by atoms with E-state index >= 15 is 0 Å². The highest BCUT2D eigenvalue weighted by Gasteiger charge is 2.17. The van der Waals surface area contributed by atoms with Gasteiger partial charge in [0.05, 0.1) is 11.5 Å². The molecular weight excluding hydrogens is 360 g/mol. The first-order valence-corrected chi connectivity index (χ1v) is 8.05. The molecule has 1 N–H and O–H groups in total. The molecule has 0 aliphatic rings. The lowest BCUT2D eigenvalue weighted by Crippen LogP contribution is -2.19. The maximum absolute atomic E-state index is 12.1. The second-order valence-corrected chi connectivity index (χ2v) is 6.02. The number of aryl methyl sites for hydroxylation is 1. The van der Waals surface area contributed by atoms with Gasteiger partial charge in [-0.25, -0.2) is 0 Å². The number of carbonyl (C=O) groups is 1. The number of nitrogens with one attached hydrogen (secondary N) is 1. The number of nitrogens with zero attached hydrogens (tertiary/aromatic N) is 5. The summed E-state index contributed by atoms with van der Waals surface area (Å²) in [6.45, 7) is 1.84. The normalized spacial score (nSPS) is 10.7. The highest BCUT2D eigenvalue weighted by molar-refractivity contribution is 6.33. The molecule has 1 amide bonds. The van der Waals surface area contributed by atoms with Crippen LogP contribution in [-0.2, 0) is 17.9 Å². The Morgan fingerprint density at radius 1 is 1.23 bits per heavy atom. The fraction of sp³-hybridized carbons (Fsp3) is 0.188. The van der Waals surface area contributed by atoms with Crippen molar-refractivity contribution in [1.82, 2.24) is 19.6 Å². The number of hydrogen-bond donors (Lipinski definition) is 1. The van der Waals surface area contributed by atoms with E-state index in [-0.39, 0.29) is 23.7 Å². The van der Waals surface area contributed by atoms with Crippen molar-refractivity contribution in [1.29, 1.82) is 0 Å². The Morgan fingerprint density at radius 2 is 1.96 bits per heavy atom. The van der Waals surface area contributed by atoms with Crippen molar-refractivity contribution in [3.8, 4) is 0 Å². The van der Waals surface area contributed by atoms with Crippen molar-refractivity contribution in [3.05, 3.63) is 69.1 Å². The Hall–Kier alpha value is -3.20. The van der Waals surface area contributed by atoms with E-state index in [1.165, 1.54) is 17.8 Å². The summed E-state index contributed by atoms with van der Waals surface area (Å²) >= 11 is 6.12. The highest BCUT2D eigenvalue weighted by Crippen LogP contribution is 2.20. The van der Waals surface area contributed by atoms with Gasteiger partial charge in [0.1, 0.15) is 23.5 Å². The largest absolute Gasteiger partial charge is 0.309 e. The molecule has 0 bridgehead atoms. The number of halogens is 1. The number of anilines is 1. The fourth-order valence-electron chi connectivity index (χ4n) is 2.42. The quantitative estimate of drug-likeness (QED) is 0.527. The Morgan fingerprint density at radius 3 is 2.62 bits per heavy atom. The lowest BCUT2D eigenvalue weighted by Gasteiger charge is -2.03. The van der Waals surface area contributed by atoms with Crippen molar-refractivity contribution >= 4 is 29.0 Å². The summed E-state index contributed by atoms with van der Waals surface area (Å²) in [7, 11) is 0. The zero-order chi connectivity index (χ0) is 18.7. The molecule has 0 radical (unpaired) electrons.